The molecule has 2 heterocycles. The number of hydrogen-bond acceptors (Lipinski definition) is 4. The van der Waals surface area contributed by atoms with Crippen molar-refractivity contribution < 1.29 is 4.79 Å². The van der Waals surface area contributed by atoms with Crippen molar-refractivity contribution >= 4 is 11.7 Å². The third-order valence-corrected chi connectivity index (χ3v) is 4.59. The van der Waals surface area contributed by atoms with Crippen LogP contribution < -0.4 is 5.32 Å². The van der Waals surface area contributed by atoms with E-state index in [1.807, 2.05) is 13.8 Å². The maximum atomic E-state index is 12.2. The summed E-state index contributed by atoms with van der Waals surface area (Å²) in [5.74, 6) is 0.691. The van der Waals surface area contributed by atoms with Crippen molar-refractivity contribution in [3.05, 3.63) is 23.3 Å². The maximum Gasteiger partial charge on any atom is 0.252 e. The second-order valence-corrected chi connectivity index (χ2v) is 6.05. The Bertz CT molecular complexity index is 672. The summed E-state index contributed by atoms with van der Waals surface area (Å²) in [6.07, 6.45) is 4.48. The zero-order valence-corrected chi connectivity index (χ0v) is 14.1. The lowest BCUT2D eigenvalue weighted by Crippen LogP contribution is -2.45. The number of nitrogens with zero attached hydrogens (tertiary/aromatic N) is 4. The van der Waals surface area contributed by atoms with Crippen molar-refractivity contribution in [1.29, 1.82) is 0 Å². The molecule has 2 aromatic rings. The monoisotopic (exact) mass is 303 g/mol. The largest absolute Gasteiger partial charge is 0.351 e. The van der Waals surface area contributed by atoms with Gasteiger partial charge in [-0.25, -0.2) is 9.50 Å². The lowest BCUT2D eigenvalue weighted by atomic mass is 9.95. The number of carbonyl (C=O) groups excluding carboxylic acids is 1. The maximum absolute atomic E-state index is 12.2. The van der Waals surface area contributed by atoms with Gasteiger partial charge in [0, 0.05) is 23.3 Å². The molecule has 0 spiro atoms. The fourth-order valence-electron chi connectivity index (χ4n) is 2.58. The summed E-state index contributed by atoms with van der Waals surface area (Å²) in [7, 11) is 0. The molecule has 0 aromatic carbocycles. The first-order valence-corrected chi connectivity index (χ1v) is 7.87. The number of hydrogen-bond donors (Lipinski definition) is 1. The fourth-order valence-corrected chi connectivity index (χ4v) is 2.58. The Morgan fingerprint density at radius 3 is 2.64 bits per heavy atom. The van der Waals surface area contributed by atoms with Crippen LogP contribution in [-0.2, 0) is 11.2 Å². The van der Waals surface area contributed by atoms with Crippen LogP contribution in [0.15, 0.2) is 6.33 Å². The van der Waals surface area contributed by atoms with Gasteiger partial charge in [-0.2, -0.15) is 10.1 Å². The van der Waals surface area contributed by atoms with Crippen LogP contribution in [0.5, 0.6) is 0 Å². The molecule has 0 radical (unpaired) electrons. The highest BCUT2D eigenvalue weighted by atomic mass is 16.1. The number of aryl methyl sites for hydroxylation is 2. The molecule has 120 valence electrons. The van der Waals surface area contributed by atoms with Gasteiger partial charge in [-0.3, -0.25) is 4.79 Å². The molecule has 0 saturated heterocycles. The molecule has 6 nitrogen and oxygen atoms in total. The molecule has 0 saturated carbocycles. The third kappa shape index (κ3) is 3.26. The number of nitrogens with one attached hydrogen (secondary N) is 1. The van der Waals surface area contributed by atoms with E-state index < -0.39 is 0 Å². The zero-order chi connectivity index (χ0) is 16.3. The van der Waals surface area contributed by atoms with Crippen LogP contribution in [0.4, 0.5) is 0 Å². The van der Waals surface area contributed by atoms with Gasteiger partial charge in [0.15, 0.2) is 0 Å². The molecule has 0 unspecified atom stereocenters. The lowest BCUT2D eigenvalue weighted by molar-refractivity contribution is -0.122. The topological polar surface area (TPSA) is 72.2 Å². The minimum absolute atomic E-state index is 0.0867. The number of fused-ring (bicyclic) bond motifs is 1. The Morgan fingerprint density at radius 2 is 2.00 bits per heavy atom. The van der Waals surface area contributed by atoms with Gasteiger partial charge < -0.3 is 5.32 Å². The lowest BCUT2D eigenvalue weighted by Gasteiger charge is -2.28. The molecule has 0 atom stereocenters. The summed E-state index contributed by atoms with van der Waals surface area (Å²) in [6.45, 7) is 10.2. The number of amides is 1. The van der Waals surface area contributed by atoms with E-state index in [4.69, 9.17) is 0 Å². The van der Waals surface area contributed by atoms with Crippen molar-refractivity contribution in [3.8, 4) is 0 Å². The smallest absolute Gasteiger partial charge is 0.252 e. The molecule has 2 rings (SSSR count). The summed E-state index contributed by atoms with van der Waals surface area (Å²) in [6, 6.07) is 0. The van der Waals surface area contributed by atoms with Crippen LogP contribution >= 0.6 is 0 Å². The van der Waals surface area contributed by atoms with Gasteiger partial charge in [0.05, 0.1) is 0 Å². The molecule has 1 N–H and O–H groups in total. The van der Waals surface area contributed by atoms with Gasteiger partial charge in [-0.1, -0.05) is 13.8 Å². The first kappa shape index (κ1) is 16.4. The summed E-state index contributed by atoms with van der Waals surface area (Å²) < 4.78 is 1.72. The number of aromatic nitrogens is 4. The predicted molar refractivity (Wildman–Crippen MR) is 85.7 cm³/mol. The molecular formula is C16H25N5O. The minimum atomic E-state index is -0.116. The van der Waals surface area contributed by atoms with Crippen LogP contribution in [0.1, 0.15) is 57.0 Å². The Hall–Kier alpha value is -1.98. The van der Waals surface area contributed by atoms with Gasteiger partial charge in [0.1, 0.15) is 6.33 Å². The Balaban J connectivity index is 2.10. The van der Waals surface area contributed by atoms with Crippen LogP contribution in [0, 0.1) is 13.8 Å². The van der Waals surface area contributed by atoms with Crippen LogP contribution in [0.2, 0.25) is 0 Å². The van der Waals surface area contributed by atoms with Crippen LogP contribution in [0.25, 0.3) is 5.78 Å². The molecule has 0 bridgehead atoms. The van der Waals surface area contributed by atoms with Crippen molar-refractivity contribution in [3.63, 3.8) is 0 Å². The first-order chi connectivity index (χ1) is 10.4. The molecule has 0 aliphatic rings. The molecule has 0 aliphatic heterocycles. The first-order valence-electron chi connectivity index (χ1n) is 7.87. The quantitative estimate of drug-likeness (QED) is 0.889. The zero-order valence-electron chi connectivity index (χ0n) is 14.1. The van der Waals surface area contributed by atoms with Crippen LogP contribution in [0.3, 0.4) is 0 Å². The highest BCUT2D eigenvalue weighted by molar-refractivity contribution is 5.77. The standard InChI is InChI=1S/C16H25N5O/c1-6-16(5,7-2)20-14(22)9-8-13-11(3)19-15-17-10-18-21(15)12(13)4/h10H,6-9H2,1-5H3,(H,20,22). The second-order valence-electron chi connectivity index (χ2n) is 6.05. The fraction of sp³-hybridized carbons (Fsp3) is 0.625. The van der Waals surface area contributed by atoms with Crippen molar-refractivity contribution in [2.24, 2.45) is 0 Å². The van der Waals surface area contributed by atoms with Gasteiger partial charge in [-0.05, 0) is 45.6 Å². The molecule has 0 fully saturated rings. The average Bonchev–Trinajstić information content (AvgIpc) is 2.95. The Labute approximate surface area is 131 Å². The number of carbonyl (C=O) groups is 1. The normalized spacial score (nSPS) is 11.9. The van der Waals surface area contributed by atoms with Crippen molar-refractivity contribution in [1.82, 2.24) is 24.9 Å². The van der Waals surface area contributed by atoms with Gasteiger partial charge in [0.25, 0.3) is 5.78 Å². The highest BCUT2D eigenvalue weighted by Gasteiger charge is 2.22. The molecular weight excluding hydrogens is 278 g/mol. The van der Waals surface area contributed by atoms with E-state index in [2.05, 4.69) is 41.2 Å². The van der Waals surface area contributed by atoms with Gasteiger partial charge in [-0.15, -0.1) is 0 Å². The molecule has 1 amide bonds. The molecule has 2 aromatic heterocycles. The summed E-state index contributed by atoms with van der Waals surface area (Å²) in [5, 5.41) is 7.32. The predicted octanol–water partition coefficient (Wildman–Crippen LogP) is 2.37. The van der Waals surface area contributed by atoms with E-state index in [0.717, 1.165) is 29.8 Å². The molecule has 22 heavy (non-hydrogen) atoms. The van der Waals surface area contributed by atoms with Crippen molar-refractivity contribution in [2.75, 3.05) is 0 Å². The Morgan fingerprint density at radius 1 is 1.32 bits per heavy atom. The summed E-state index contributed by atoms with van der Waals surface area (Å²) in [4.78, 5) is 20.8. The summed E-state index contributed by atoms with van der Waals surface area (Å²) >= 11 is 0. The molecule has 0 aliphatic carbocycles. The van der Waals surface area contributed by atoms with E-state index in [0.29, 0.717) is 18.6 Å². The van der Waals surface area contributed by atoms with E-state index in [9.17, 15) is 4.79 Å². The summed E-state index contributed by atoms with van der Waals surface area (Å²) in [5.41, 5.74) is 2.87. The SMILES string of the molecule is CCC(C)(CC)NC(=O)CCc1c(C)nc2ncnn2c1C. The van der Waals surface area contributed by atoms with Gasteiger partial charge in [0.2, 0.25) is 5.91 Å². The van der Waals surface area contributed by atoms with Crippen LogP contribution in [-0.4, -0.2) is 31.0 Å². The Kier molecular flexibility index (Phi) is 4.78. The van der Waals surface area contributed by atoms with E-state index in [1.165, 1.54) is 6.33 Å². The van der Waals surface area contributed by atoms with Crippen molar-refractivity contribution in [2.45, 2.75) is 65.8 Å². The van der Waals surface area contributed by atoms with E-state index >= 15 is 0 Å². The second kappa shape index (κ2) is 6.42. The minimum Gasteiger partial charge on any atom is -0.351 e. The number of rotatable bonds is 6. The average molecular weight is 303 g/mol. The van der Waals surface area contributed by atoms with Gasteiger partial charge >= 0.3 is 0 Å². The van der Waals surface area contributed by atoms with E-state index in [1.54, 1.807) is 4.52 Å². The third-order valence-electron chi connectivity index (χ3n) is 4.59. The van der Waals surface area contributed by atoms with E-state index in [-0.39, 0.29) is 11.4 Å². The molecule has 6 heteroatoms. The highest BCUT2D eigenvalue weighted by Crippen LogP contribution is 2.17.